The smallest absolute Gasteiger partial charge is 0.250 e. The highest BCUT2D eigenvalue weighted by atomic mass is 35.5. The molecule has 4 N–H and O–H groups in total. The molecule has 0 aromatic heterocycles. The van der Waals surface area contributed by atoms with Crippen LogP contribution in [0.4, 0.5) is 0 Å². The normalized spacial score (nSPS) is 17.1. The molecule has 23 heavy (non-hydrogen) atoms. The highest BCUT2D eigenvalue weighted by Gasteiger charge is 2.34. The molecule has 1 aromatic carbocycles. The van der Waals surface area contributed by atoms with Crippen molar-refractivity contribution in [1.29, 1.82) is 0 Å². The van der Waals surface area contributed by atoms with E-state index in [-0.39, 0.29) is 5.02 Å². The molecule has 2 rings (SSSR count). The van der Waals surface area contributed by atoms with Gasteiger partial charge in [0.05, 0.1) is 25.6 Å². The lowest BCUT2D eigenvalue weighted by Crippen LogP contribution is -2.28. The zero-order valence-electron chi connectivity index (χ0n) is 12.2. The SMILES string of the molecule is NC(=O)c1cc(S(N)(=O)=O)cc(Cl)c1S(=O)(=O)C1CCCCC1. The molecule has 1 amide bonds. The van der Waals surface area contributed by atoms with E-state index in [1.54, 1.807) is 0 Å². The van der Waals surface area contributed by atoms with Gasteiger partial charge in [0.2, 0.25) is 15.9 Å². The first-order chi connectivity index (χ1) is 10.5. The average Bonchev–Trinajstić information content (AvgIpc) is 2.46. The van der Waals surface area contributed by atoms with Gasteiger partial charge >= 0.3 is 0 Å². The zero-order valence-corrected chi connectivity index (χ0v) is 14.5. The topological polar surface area (TPSA) is 137 Å². The second kappa shape index (κ2) is 6.39. The van der Waals surface area contributed by atoms with Gasteiger partial charge in [0, 0.05) is 0 Å². The minimum atomic E-state index is -4.16. The summed E-state index contributed by atoms with van der Waals surface area (Å²) < 4.78 is 48.5. The number of halogens is 1. The molecule has 1 saturated carbocycles. The van der Waals surface area contributed by atoms with Crippen molar-refractivity contribution >= 4 is 37.4 Å². The lowest BCUT2D eigenvalue weighted by atomic mass is 10.0. The second-order valence-electron chi connectivity index (χ2n) is 5.50. The maximum atomic E-state index is 12.8. The number of nitrogens with two attached hydrogens (primary N) is 2. The fourth-order valence-electron chi connectivity index (χ4n) is 2.75. The minimum Gasteiger partial charge on any atom is -0.366 e. The number of sulfone groups is 1. The number of amides is 1. The number of primary amides is 1. The molecule has 1 aliphatic carbocycles. The van der Waals surface area contributed by atoms with Crippen molar-refractivity contribution < 1.29 is 21.6 Å². The lowest BCUT2D eigenvalue weighted by molar-refractivity contribution is 0.0997. The van der Waals surface area contributed by atoms with Gasteiger partial charge in [0.25, 0.3) is 0 Å². The average molecular weight is 381 g/mol. The van der Waals surface area contributed by atoms with Crippen LogP contribution < -0.4 is 10.9 Å². The van der Waals surface area contributed by atoms with Crippen molar-refractivity contribution in [3.63, 3.8) is 0 Å². The third-order valence-electron chi connectivity index (χ3n) is 3.89. The van der Waals surface area contributed by atoms with Gasteiger partial charge in [0.15, 0.2) is 9.84 Å². The van der Waals surface area contributed by atoms with Crippen LogP contribution in [-0.2, 0) is 19.9 Å². The number of benzene rings is 1. The highest BCUT2D eigenvalue weighted by molar-refractivity contribution is 7.92. The molecule has 0 radical (unpaired) electrons. The molecule has 0 heterocycles. The van der Waals surface area contributed by atoms with Gasteiger partial charge in [-0.2, -0.15) is 0 Å². The van der Waals surface area contributed by atoms with Crippen LogP contribution in [0.25, 0.3) is 0 Å². The van der Waals surface area contributed by atoms with Gasteiger partial charge in [-0.15, -0.1) is 0 Å². The van der Waals surface area contributed by atoms with E-state index in [4.69, 9.17) is 22.5 Å². The van der Waals surface area contributed by atoms with E-state index in [0.717, 1.165) is 31.4 Å². The van der Waals surface area contributed by atoms with Crippen LogP contribution in [0.15, 0.2) is 21.9 Å². The summed E-state index contributed by atoms with van der Waals surface area (Å²) in [7, 11) is -8.05. The maximum Gasteiger partial charge on any atom is 0.250 e. The fraction of sp³-hybridized carbons (Fsp3) is 0.462. The van der Waals surface area contributed by atoms with Crippen molar-refractivity contribution in [3.05, 3.63) is 22.7 Å². The van der Waals surface area contributed by atoms with E-state index in [1.165, 1.54) is 0 Å². The number of rotatable bonds is 4. The Hall–Kier alpha value is -1.16. The summed E-state index contributed by atoms with van der Waals surface area (Å²) in [6.45, 7) is 0. The molecule has 1 fully saturated rings. The summed E-state index contributed by atoms with van der Waals surface area (Å²) in [6, 6.07) is 1.79. The molecular formula is C13H17ClN2O5S2. The van der Waals surface area contributed by atoms with Gasteiger partial charge in [-0.25, -0.2) is 22.0 Å². The van der Waals surface area contributed by atoms with Crippen molar-refractivity contribution in [1.82, 2.24) is 0 Å². The number of hydrogen-bond donors (Lipinski definition) is 2. The molecule has 0 unspecified atom stereocenters. The van der Waals surface area contributed by atoms with Crippen LogP contribution in [0, 0.1) is 0 Å². The largest absolute Gasteiger partial charge is 0.366 e. The number of primary sulfonamides is 1. The molecule has 7 nitrogen and oxygen atoms in total. The highest BCUT2D eigenvalue weighted by Crippen LogP contribution is 2.35. The van der Waals surface area contributed by atoms with E-state index >= 15 is 0 Å². The Balaban J connectivity index is 2.69. The third-order valence-corrected chi connectivity index (χ3v) is 7.55. The van der Waals surface area contributed by atoms with Gasteiger partial charge in [-0.3, -0.25) is 4.79 Å². The number of carbonyl (C=O) groups excluding carboxylic acids is 1. The Morgan fingerprint density at radius 1 is 1.09 bits per heavy atom. The van der Waals surface area contributed by atoms with E-state index in [0.29, 0.717) is 12.8 Å². The summed E-state index contributed by atoms with van der Waals surface area (Å²) in [6.07, 6.45) is 3.42. The number of carbonyl (C=O) groups is 1. The number of sulfonamides is 1. The van der Waals surface area contributed by atoms with Crippen LogP contribution in [-0.4, -0.2) is 28.0 Å². The van der Waals surface area contributed by atoms with Gasteiger partial charge < -0.3 is 5.73 Å². The summed E-state index contributed by atoms with van der Waals surface area (Å²) >= 11 is 5.98. The predicted molar refractivity (Wildman–Crippen MR) is 85.4 cm³/mol. The molecule has 0 saturated heterocycles. The summed E-state index contributed by atoms with van der Waals surface area (Å²) in [5, 5.41) is 3.98. The van der Waals surface area contributed by atoms with Crippen LogP contribution in [0.3, 0.4) is 0 Å². The molecule has 0 bridgehead atoms. The Morgan fingerprint density at radius 2 is 1.65 bits per heavy atom. The number of hydrogen-bond acceptors (Lipinski definition) is 5. The van der Waals surface area contributed by atoms with Gasteiger partial charge in [0.1, 0.15) is 0 Å². The van der Waals surface area contributed by atoms with Crippen LogP contribution in [0.2, 0.25) is 5.02 Å². The summed E-state index contributed by atoms with van der Waals surface area (Å²) in [4.78, 5) is 10.8. The third kappa shape index (κ3) is 3.68. The monoisotopic (exact) mass is 380 g/mol. The summed E-state index contributed by atoms with van der Waals surface area (Å²) in [5.41, 5.74) is 4.77. The van der Waals surface area contributed by atoms with E-state index in [1.807, 2.05) is 0 Å². The van der Waals surface area contributed by atoms with Crippen molar-refractivity contribution in [3.8, 4) is 0 Å². The van der Waals surface area contributed by atoms with Crippen LogP contribution >= 0.6 is 11.6 Å². The van der Waals surface area contributed by atoms with Gasteiger partial charge in [-0.1, -0.05) is 30.9 Å². The minimum absolute atomic E-state index is 0.365. The predicted octanol–water partition coefficient (Wildman–Crippen LogP) is 1.19. The Labute approximate surface area is 140 Å². The Morgan fingerprint density at radius 3 is 2.13 bits per heavy atom. The van der Waals surface area contributed by atoms with Crippen molar-refractivity contribution in [2.24, 2.45) is 10.9 Å². The second-order valence-corrected chi connectivity index (χ2v) is 9.63. The van der Waals surface area contributed by atoms with Crippen LogP contribution in [0.1, 0.15) is 42.5 Å². The standard InChI is InChI=1S/C13H17ClN2O5S2/c14-11-7-9(23(16,20)21)6-10(13(15)17)12(11)22(18,19)8-4-2-1-3-5-8/h6-8H,1-5H2,(H2,15,17)(H2,16,20,21). The molecule has 10 heteroatoms. The maximum absolute atomic E-state index is 12.8. The molecule has 1 aromatic rings. The molecule has 0 aliphatic heterocycles. The van der Waals surface area contributed by atoms with Crippen LogP contribution in [0.5, 0.6) is 0 Å². The first kappa shape index (κ1) is 18.2. The zero-order chi connectivity index (χ0) is 17.4. The molecule has 0 atom stereocenters. The van der Waals surface area contributed by atoms with E-state index in [2.05, 4.69) is 0 Å². The molecule has 0 spiro atoms. The Bertz CT molecular complexity index is 843. The molecule has 1 aliphatic rings. The Kier molecular flexibility index (Phi) is 5.05. The van der Waals surface area contributed by atoms with E-state index in [9.17, 15) is 21.6 Å². The molecular weight excluding hydrogens is 364 g/mol. The summed E-state index contributed by atoms with van der Waals surface area (Å²) in [5.74, 6) is -1.08. The van der Waals surface area contributed by atoms with Crippen molar-refractivity contribution in [2.45, 2.75) is 47.1 Å². The molecule has 128 valence electrons. The van der Waals surface area contributed by atoms with E-state index < -0.39 is 46.4 Å². The first-order valence-corrected chi connectivity index (χ1v) is 10.4. The first-order valence-electron chi connectivity index (χ1n) is 6.95. The fourth-order valence-corrected chi connectivity index (χ4v) is 6.00. The van der Waals surface area contributed by atoms with Gasteiger partial charge in [-0.05, 0) is 25.0 Å². The lowest BCUT2D eigenvalue weighted by Gasteiger charge is -2.23. The van der Waals surface area contributed by atoms with Crippen molar-refractivity contribution in [2.75, 3.05) is 0 Å². The quantitative estimate of drug-likeness (QED) is 0.807.